The number of halogens is 6. The Labute approximate surface area is 245 Å². The number of hydrogen-bond acceptors (Lipinski definition) is 2. The summed E-state index contributed by atoms with van der Waals surface area (Å²) >= 11 is 1.74. The number of rotatable bonds is 3. The predicted octanol–water partition coefficient (Wildman–Crippen LogP) is 11.6. The van der Waals surface area contributed by atoms with E-state index in [9.17, 15) is 26.3 Å². The van der Waals surface area contributed by atoms with Crippen LogP contribution in [-0.2, 0) is 12.4 Å². The molecule has 0 bridgehead atoms. The molecule has 0 N–H and O–H groups in total. The molecule has 43 heavy (non-hydrogen) atoms. The van der Waals surface area contributed by atoms with Crippen molar-refractivity contribution in [2.45, 2.75) is 12.4 Å². The van der Waals surface area contributed by atoms with Gasteiger partial charge in [0.25, 0.3) is 0 Å². The Bertz CT molecular complexity index is 2130. The van der Waals surface area contributed by atoms with Crippen LogP contribution >= 0.6 is 11.3 Å². The van der Waals surface area contributed by atoms with Gasteiger partial charge < -0.3 is 0 Å². The molecule has 0 aliphatic heterocycles. The van der Waals surface area contributed by atoms with Crippen molar-refractivity contribution in [2.75, 3.05) is 0 Å². The summed E-state index contributed by atoms with van der Waals surface area (Å²) in [7, 11) is 0. The summed E-state index contributed by atoms with van der Waals surface area (Å²) in [5.41, 5.74) is 1.11. The van der Waals surface area contributed by atoms with E-state index in [0.717, 1.165) is 39.9 Å². The lowest BCUT2D eigenvalue weighted by molar-refractivity contribution is -0.143. The SMILES string of the molecule is FC(F)(F)c1cc(-c2ccc3cc(-c4ccc(-c5cccc6c5sc5ccccc56)nc4)ccc3c2)cc(C(F)(F)F)c1. The highest BCUT2D eigenvalue weighted by Crippen LogP contribution is 2.41. The molecule has 0 atom stereocenters. The van der Waals surface area contributed by atoms with E-state index in [-0.39, 0.29) is 17.2 Å². The van der Waals surface area contributed by atoms with Crippen LogP contribution in [0.2, 0.25) is 0 Å². The van der Waals surface area contributed by atoms with Gasteiger partial charge in [0.05, 0.1) is 16.8 Å². The van der Waals surface area contributed by atoms with Crippen LogP contribution in [0.3, 0.4) is 0 Å². The highest BCUT2D eigenvalue weighted by Gasteiger charge is 2.37. The molecule has 0 aliphatic rings. The van der Waals surface area contributed by atoms with Gasteiger partial charge in [-0.2, -0.15) is 26.3 Å². The van der Waals surface area contributed by atoms with Gasteiger partial charge >= 0.3 is 12.4 Å². The summed E-state index contributed by atoms with van der Waals surface area (Å²) in [5.74, 6) is 0. The van der Waals surface area contributed by atoms with Crippen LogP contribution in [0, 0.1) is 0 Å². The number of hydrogen-bond donors (Lipinski definition) is 0. The molecule has 0 saturated heterocycles. The zero-order valence-electron chi connectivity index (χ0n) is 22.1. The Balaban J connectivity index is 1.22. The third-order valence-electron chi connectivity index (χ3n) is 7.54. The topological polar surface area (TPSA) is 12.9 Å². The molecule has 2 heterocycles. The smallest absolute Gasteiger partial charge is 0.256 e. The fourth-order valence-electron chi connectivity index (χ4n) is 5.40. The van der Waals surface area contributed by atoms with Gasteiger partial charge in [0.2, 0.25) is 0 Å². The second-order valence-corrected chi connectivity index (χ2v) is 11.3. The van der Waals surface area contributed by atoms with Crippen LogP contribution in [0.1, 0.15) is 11.1 Å². The van der Waals surface area contributed by atoms with Gasteiger partial charge in [-0.1, -0.05) is 66.7 Å². The lowest BCUT2D eigenvalue weighted by Gasteiger charge is -2.15. The van der Waals surface area contributed by atoms with Crippen molar-refractivity contribution in [1.82, 2.24) is 4.98 Å². The minimum atomic E-state index is -4.91. The maximum Gasteiger partial charge on any atom is 0.416 e. The molecule has 8 heteroatoms. The molecule has 0 radical (unpaired) electrons. The van der Waals surface area contributed by atoms with Gasteiger partial charge in [-0.15, -0.1) is 11.3 Å². The van der Waals surface area contributed by atoms with Crippen LogP contribution in [-0.4, -0.2) is 4.98 Å². The molecule has 2 aromatic heterocycles. The van der Waals surface area contributed by atoms with E-state index in [2.05, 4.69) is 24.3 Å². The van der Waals surface area contributed by atoms with Crippen molar-refractivity contribution in [1.29, 1.82) is 0 Å². The Morgan fingerprint density at radius 1 is 0.512 bits per heavy atom. The number of aromatic nitrogens is 1. The van der Waals surface area contributed by atoms with Gasteiger partial charge in [0, 0.05) is 37.5 Å². The third kappa shape index (κ3) is 5.02. The van der Waals surface area contributed by atoms with Gasteiger partial charge in [-0.25, -0.2) is 0 Å². The number of thiophene rings is 1. The summed E-state index contributed by atoms with van der Waals surface area (Å²) in [5, 5.41) is 3.89. The second-order valence-electron chi connectivity index (χ2n) is 10.3. The van der Waals surface area contributed by atoms with E-state index >= 15 is 0 Å². The van der Waals surface area contributed by atoms with E-state index in [1.165, 1.54) is 26.2 Å². The molecular formula is C35H19F6NS. The Hall–Kier alpha value is -4.69. The second kappa shape index (κ2) is 9.95. The molecule has 0 saturated carbocycles. The average molecular weight is 600 g/mol. The molecule has 0 amide bonds. The van der Waals surface area contributed by atoms with Crippen LogP contribution in [0.5, 0.6) is 0 Å². The first-order valence-corrected chi connectivity index (χ1v) is 14.1. The number of benzene rings is 5. The Morgan fingerprint density at radius 2 is 1.12 bits per heavy atom. The minimum Gasteiger partial charge on any atom is -0.256 e. The van der Waals surface area contributed by atoms with Crippen LogP contribution in [0.15, 0.2) is 115 Å². The lowest BCUT2D eigenvalue weighted by Crippen LogP contribution is -2.11. The van der Waals surface area contributed by atoms with Gasteiger partial charge in [0.15, 0.2) is 0 Å². The predicted molar refractivity (Wildman–Crippen MR) is 161 cm³/mol. The summed E-state index contributed by atoms with van der Waals surface area (Å²) in [6.07, 6.45) is -8.01. The summed E-state index contributed by atoms with van der Waals surface area (Å²) in [6.45, 7) is 0. The van der Waals surface area contributed by atoms with E-state index in [1.54, 1.807) is 35.7 Å². The first-order chi connectivity index (χ1) is 20.5. The minimum absolute atomic E-state index is 0.138. The molecule has 0 unspecified atom stereocenters. The van der Waals surface area contributed by atoms with Crippen molar-refractivity contribution in [3.63, 3.8) is 0 Å². The van der Waals surface area contributed by atoms with Crippen molar-refractivity contribution < 1.29 is 26.3 Å². The first kappa shape index (κ1) is 27.2. The molecule has 7 rings (SSSR count). The van der Waals surface area contributed by atoms with Crippen molar-refractivity contribution in [3.05, 3.63) is 127 Å². The highest BCUT2D eigenvalue weighted by atomic mass is 32.1. The van der Waals surface area contributed by atoms with Gasteiger partial charge in [-0.05, 0) is 69.9 Å². The summed E-state index contributed by atoms with van der Waals surface area (Å²) in [4.78, 5) is 4.76. The average Bonchev–Trinajstić information content (AvgIpc) is 3.38. The van der Waals surface area contributed by atoms with Crippen LogP contribution in [0.4, 0.5) is 26.3 Å². The zero-order valence-corrected chi connectivity index (χ0v) is 22.9. The molecule has 0 spiro atoms. The van der Waals surface area contributed by atoms with E-state index in [4.69, 9.17) is 4.98 Å². The van der Waals surface area contributed by atoms with Crippen LogP contribution < -0.4 is 0 Å². The Morgan fingerprint density at radius 3 is 1.74 bits per heavy atom. The number of fused-ring (bicyclic) bond motifs is 4. The quantitative estimate of drug-likeness (QED) is 0.184. The number of nitrogens with zero attached hydrogens (tertiary/aromatic N) is 1. The molecular weight excluding hydrogens is 580 g/mol. The van der Waals surface area contributed by atoms with Crippen molar-refractivity contribution in [3.8, 4) is 33.5 Å². The standard InChI is InChI=1S/C35H19F6NS/c36-34(37,38)26-16-25(17-27(18-26)35(39,40)41)23-11-9-20-14-22(10-8-21(20)15-23)24-12-13-31(42-19-24)30-6-3-5-29-28-4-1-2-7-32(28)43-33(29)30/h1-19H. The molecule has 0 fully saturated rings. The van der Waals surface area contributed by atoms with E-state index in [1.807, 2.05) is 42.5 Å². The van der Waals surface area contributed by atoms with Crippen molar-refractivity contribution >= 4 is 42.3 Å². The fraction of sp³-hybridized carbons (Fsp3) is 0.0571. The zero-order chi connectivity index (χ0) is 29.9. The summed E-state index contributed by atoms with van der Waals surface area (Å²) in [6, 6.07) is 30.6. The molecule has 212 valence electrons. The first-order valence-electron chi connectivity index (χ1n) is 13.3. The number of alkyl halides is 6. The van der Waals surface area contributed by atoms with Gasteiger partial charge in [-0.3, -0.25) is 4.98 Å². The highest BCUT2D eigenvalue weighted by molar-refractivity contribution is 7.26. The monoisotopic (exact) mass is 599 g/mol. The lowest BCUT2D eigenvalue weighted by atomic mass is 9.95. The maximum atomic E-state index is 13.4. The van der Waals surface area contributed by atoms with E-state index < -0.39 is 23.5 Å². The molecule has 0 aliphatic carbocycles. The molecule has 1 nitrogen and oxygen atoms in total. The largest absolute Gasteiger partial charge is 0.416 e. The van der Waals surface area contributed by atoms with E-state index in [0.29, 0.717) is 5.39 Å². The normalized spacial score (nSPS) is 12.4. The summed E-state index contributed by atoms with van der Waals surface area (Å²) < 4.78 is 82.6. The van der Waals surface area contributed by atoms with Crippen LogP contribution in [0.25, 0.3) is 64.5 Å². The van der Waals surface area contributed by atoms with Crippen molar-refractivity contribution in [2.24, 2.45) is 0 Å². The number of pyridine rings is 1. The maximum absolute atomic E-state index is 13.4. The molecule has 5 aromatic carbocycles. The van der Waals surface area contributed by atoms with Gasteiger partial charge in [0.1, 0.15) is 0 Å². The molecule has 7 aromatic rings. The third-order valence-corrected chi connectivity index (χ3v) is 8.76. The Kier molecular flexibility index (Phi) is 6.29. The fourth-order valence-corrected chi connectivity index (χ4v) is 6.62.